The van der Waals surface area contributed by atoms with Gasteiger partial charge in [0.25, 0.3) is 0 Å². The van der Waals surface area contributed by atoms with Crippen LogP contribution in [-0.2, 0) is 0 Å². The largest absolute Gasteiger partial charge is 0.409 e. The second-order valence-electron chi connectivity index (χ2n) is 5.28. The first-order valence-corrected chi connectivity index (χ1v) is 6.84. The van der Waals surface area contributed by atoms with Crippen molar-refractivity contribution in [3.8, 4) is 0 Å². The summed E-state index contributed by atoms with van der Waals surface area (Å²) in [7, 11) is 0. The topological polar surface area (TPSA) is 70.6 Å². The predicted molar refractivity (Wildman–Crippen MR) is 71.2 cm³/mol. The molecule has 0 heterocycles. The van der Waals surface area contributed by atoms with Crippen LogP contribution in [0.25, 0.3) is 0 Å². The molecule has 1 fully saturated rings. The number of amidine groups is 1. The molecule has 0 aromatic rings. The van der Waals surface area contributed by atoms with Crippen molar-refractivity contribution in [1.29, 1.82) is 0 Å². The number of rotatable bonds is 6. The molecular weight excluding hydrogens is 214 g/mol. The van der Waals surface area contributed by atoms with Crippen molar-refractivity contribution in [2.75, 3.05) is 0 Å². The van der Waals surface area contributed by atoms with E-state index in [0.717, 1.165) is 18.3 Å². The Morgan fingerprint density at radius 3 is 2.65 bits per heavy atom. The molecule has 1 aliphatic carbocycles. The van der Waals surface area contributed by atoms with Crippen molar-refractivity contribution in [1.82, 2.24) is 5.32 Å². The molecule has 0 bridgehead atoms. The second-order valence-corrected chi connectivity index (χ2v) is 5.28. The molecule has 4 heteroatoms. The van der Waals surface area contributed by atoms with Gasteiger partial charge in [-0.25, -0.2) is 0 Å². The van der Waals surface area contributed by atoms with Crippen LogP contribution in [0.4, 0.5) is 0 Å². The van der Waals surface area contributed by atoms with Crippen molar-refractivity contribution in [2.24, 2.45) is 22.7 Å². The van der Waals surface area contributed by atoms with Crippen LogP contribution in [0.2, 0.25) is 0 Å². The zero-order valence-corrected chi connectivity index (χ0v) is 11.3. The van der Waals surface area contributed by atoms with Crippen molar-refractivity contribution in [3.05, 3.63) is 0 Å². The van der Waals surface area contributed by atoms with E-state index in [-0.39, 0.29) is 0 Å². The van der Waals surface area contributed by atoms with Gasteiger partial charge in [0.1, 0.15) is 5.84 Å². The first-order valence-electron chi connectivity index (χ1n) is 6.84. The minimum atomic E-state index is 0.321. The van der Waals surface area contributed by atoms with Crippen LogP contribution < -0.4 is 11.1 Å². The number of nitrogens with one attached hydrogen (secondary N) is 1. The molecule has 17 heavy (non-hydrogen) atoms. The molecule has 0 radical (unpaired) electrons. The van der Waals surface area contributed by atoms with Gasteiger partial charge in [0.2, 0.25) is 0 Å². The summed E-state index contributed by atoms with van der Waals surface area (Å²) in [4.78, 5) is 0. The van der Waals surface area contributed by atoms with Crippen LogP contribution in [0.5, 0.6) is 0 Å². The highest BCUT2D eigenvalue weighted by Gasteiger charge is 2.32. The SMILES string of the molecule is CCC(CC(N)=NO)NC1CCC(CC)C1C. The predicted octanol–water partition coefficient (Wildman–Crippen LogP) is 2.32. The quantitative estimate of drug-likeness (QED) is 0.289. The lowest BCUT2D eigenvalue weighted by Gasteiger charge is -2.26. The van der Waals surface area contributed by atoms with Gasteiger partial charge >= 0.3 is 0 Å². The molecular formula is C13H27N3O. The standard InChI is InChI=1S/C13H27N3O/c1-4-10-6-7-12(9(10)3)15-11(5-2)8-13(14)16-17/h9-12,15,17H,4-8H2,1-3H3,(H2,14,16). The van der Waals surface area contributed by atoms with E-state index in [1.165, 1.54) is 19.3 Å². The molecule has 1 aliphatic rings. The highest BCUT2D eigenvalue weighted by atomic mass is 16.4. The summed E-state index contributed by atoms with van der Waals surface area (Å²) in [6.45, 7) is 6.76. The Kier molecular flexibility index (Phi) is 5.75. The van der Waals surface area contributed by atoms with E-state index in [2.05, 4.69) is 31.2 Å². The summed E-state index contributed by atoms with van der Waals surface area (Å²) in [6, 6.07) is 0.922. The van der Waals surface area contributed by atoms with E-state index in [9.17, 15) is 0 Å². The van der Waals surface area contributed by atoms with Gasteiger partial charge in [-0.3, -0.25) is 0 Å². The average Bonchev–Trinajstić information content (AvgIpc) is 2.69. The summed E-state index contributed by atoms with van der Waals surface area (Å²) in [5.74, 6) is 1.91. The minimum absolute atomic E-state index is 0.321. The molecule has 100 valence electrons. The van der Waals surface area contributed by atoms with E-state index < -0.39 is 0 Å². The van der Waals surface area contributed by atoms with Crippen LogP contribution >= 0.6 is 0 Å². The van der Waals surface area contributed by atoms with Crippen LogP contribution in [-0.4, -0.2) is 23.1 Å². The van der Waals surface area contributed by atoms with Gasteiger partial charge in [-0.05, 0) is 31.1 Å². The van der Waals surface area contributed by atoms with Crippen molar-refractivity contribution in [2.45, 2.75) is 65.0 Å². The second kappa shape index (κ2) is 6.84. The maximum absolute atomic E-state index is 8.61. The normalized spacial score (nSPS) is 31.7. The number of hydrogen-bond donors (Lipinski definition) is 3. The lowest BCUT2D eigenvalue weighted by molar-refractivity contribution is 0.306. The molecule has 4 atom stereocenters. The molecule has 0 spiro atoms. The van der Waals surface area contributed by atoms with Gasteiger partial charge < -0.3 is 16.3 Å². The first-order chi connectivity index (χ1) is 8.12. The Morgan fingerprint density at radius 1 is 1.47 bits per heavy atom. The van der Waals surface area contributed by atoms with E-state index in [0.29, 0.717) is 24.3 Å². The van der Waals surface area contributed by atoms with Crippen LogP contribution in [0.15, 0.2) is 5.16 Å². The first kappa shape index (κ1) is 14.3. The van der Waals surface area contributed by atoms with E-state index in [4.69, 9.17) is 10.9 Å². The molecule has 4 N–H and O–H groups in total. The van der Waals surface area contributed by atoms with Crippen LogP contribution in [0.1, 0.15) is 52.9 Å². The molecule has 4 nitrogen and oxygen atoms in total. The van der Waals surface area contributed by atoms with Gasteiger partial charge in [0.15, 0.2) is 0 Å². The molecule has 0 amide bonds. The molecule has 1 saturated carbocycles. The zero-order valence-electron chi connectivity index (χ0n) is 11.3. The Labute approximate surface area is 105 Å². The Balaban J connectivity index is 2.46. The number of nitrogens with two attached hydrogens (primary N) is 1. The van der Waals surface area contributed by atoms with Gasteiger partial charge in [0.05, 0.1) is 0 Å². The van der Waals surface area contributed by atoms with Crippen LogP contribution in [0.3, 0.4) is 0 Å². The molecule has 0 saturated heterocycles. The maximum Gasteiger partial charge on any atom is 0.140 e. The number of nitrogens with zero attached hydrogens (tertiary/aromatic N) is 1. The van der Waals surface area contributed by atoms with Crippen LogP contribution in [0, 0.1) is 11.8 Å². The third-order valence-corrected chi connectivity index (χ3v) is 4.28. The summed E-state index contributed by atoms with van der Waals surface area (Å²) < 4.78 is 0. The third kappa shape index (κ3) is 3.87. The van der Waals surface area contributed by atoms with Gasteiger partial charge in [0, 0.05) is 18.5 Å². The summed E-state index contributed by atoms with van der Waals surface area (Å²) in [6.07, 6.45) is 5.50. The smallest absolute Gasteiger partial charge is 0.140 e. The summed E-state index contributed by atoms with van der Waals surface area (Å²) in [5.41, 5.74) is 5.57. The van der Waals surface area contributed by atoms with E-state index >= 15 is 0 Å². The van der Waals surface area contributed by atoms with E-state index in [1.807, 2.05) is 0 Å². The van der Waals surface area contributed by atoms with E-state index in [1.54, 1.807) is 0 Å². The van der Waals surface area contributed by atoms with Gasteiger partial charge in [-0.15, -0.1) is 0 Å². The van der Waals surface area contributed by atoms with Crippen molar-refractivity contribution < 1.29 is 5.21 Å². The highest BCUT2D eigenvalue weighted by molar-refractivity contribution is 5.80. The van der Waals surface area contributed by atoms with Crippen molar-refractivity contribution in [3.63, 3.8) is 0 Å². The fourth-order valence-corrected chi connectivity index (χ4v) is 2.98. The zero-order chi connectivity index (χ0) is 12.8. The highest BCUT2D eigenvalue weighted by Crippen LogP contribution is 2.34. The number of hydrogen-bond acceptors (Lipinski definition) is 3. The monoisotopic (exact) mass is 241 g/mol. The summed E-state index contributed by atoms with van der Waals surface area (Å²) >= 11 is 0. The van der Waals surface area contributed by atoms with Gasteiger partial charge in [-0.1, -0.05) is 32.3 Å². The van der Waals surface area contributed by atoms with Gasteiger partial charge in [-0.2, -0.15) is 0 Å². The molecule has 0 aliphatic heterocycles. The summed E-state index contributed by atoms with van der Waals surface area (Å²) in [5, 5.41) is 15.3. The lowest BCUT2D eigenvalue weighted by atomic mass is 9.93. The molecule has 4 unspecified atom stereocenters. The lowest BCUT2D eigenvalue weighted by Crippen LogP contribution is -2.42. The minimum Gasteiger partial charge on any atom is -0.409 e. The van der Waals surface area contributed by atoms with Crippen molar-refractivity contribution >= 4 is 5.84 Å². The molecule has 1 rings (SSSR count). The maximum atomic E-state index is 8.61. The Morgan fingerprint density at radius 2 is 2.18 bits per heavy atom. The Hall–Kier alpha value is -0.770. The fourth-order valence-electron chi connectivity index (χ4n) is 2.98. The molecule has 0 aromatic carbocycles. The average molecular weight is 241 g/mol. The Bertz CT molecular complexity index is 255. The fraction of sp³-hybridized carbons (Fsp3) is 0.923. The molecule has 0 aromatic heterocycles. The number of oxime groups is 1. The third-order valence-electron chi connectivity index (χ3n) is 4.28.